The van der Waals surface area contributed by atoms with Gasteiger partial charge in [-0.05, 0) is 50.5 Å². The second-order valence-corrected chi connectivity index (χ2v) is 7.78. The molecule has 0 saturated heterocycles. The molecule has 23 heavy (non-hydrogen) atoms. The van der Waals surface area contributed by atoms with E-state index in [9.17, 15) is 13.2 Å². The molecule has 0 bridgehead atoms. The Morgan fingerprint density at radius 2 is 2.13 bits per heavy atom. The fraction of sp³-hybridized carbons (Fsp3) is 0.467. The van der Waals surface area contributed by atoms with Gasteiger partial charge in [0.25, 0.3) is 0 Å². The molecular weight excluding hydrogens is 336 g/mol. The first-order valence-electron chi connectivity index (χ1n) is 7.02. The first-order chi connectivity index (χ1) is 10.8. The van der Waals surface area contributed by atoms with Crippen molar-refractivity contribution in [3.8, 4) is 6.07 Å². The Bertz CT molecular complexity index is 681. The monoisotopic (exact) mass is 356 g/mol. The lowest BCUT2D eigenvalue weighted by molar-refractivity contribution is -0.149. The number of thioether (sulfide) groups is 1. The molecule has 0 aliphatic carbocycles. The van der Waals surface area contributed by atoms with E-state index < -0.39 is 22.0 Å². The molecule has 6 nitrogen and oxygen atoms in total. The Hall–Kier alpha value is -1.56. The Kier molecular flexibility index (Phi) is 7.55. The molecule has 0 aromatic heterocycles. The van der Waals surface area contributed by atoms with Gasteiger partial charge >= 0.3 is 5.97 Å². The van der Waals surface area contributed by atoms with Gasteiger partial charge in [0.2, 0.25) is 10.0 Å². The highest BCUT2D eigenvalue weighted by Gasteiger charge is 2.27. The van der Waals surface area contributed by atoms with Crippen LogP contribution in [0.4, 0.5) is 0 Å². The predicted octanol–water partition coefficient (Wildman–Crippen LogP) is 1.91. The average molecular weight is 356 g/mol. The number of hydrogen-bond acceptors (Lipinski definition) is 6. The number of sulfonamides is 1. The summed E-state index contributed by atoms with van der Waals surface area (Å²) in [4.78, 5) is 12.0. The molecule has 0 amide bonds. The SMILES string of the molecule is CSCCC(NS(=O)(=O)c1cccc(C#N)c1)C(=O)OC(C)C. The zero-order valence-electron chi connectivity index (χ0n) is 13.3. The fourth-order valence-corrected chi connectivity index (χ4v) is 3.50. The molecule has 0 saturated carbocycles. The third-order valence-electron chi connectivity index (χ3n) is 2.82. The lowest BCUT2D eigenvalue weighted by atomic mass is 10.2. The third-order valence-corrected chi connectivity index (χ3v) is 4.93. The molecule has 0 spiro atoms. The molecule has 1 aromatic carbocycles. The summed E-state index contributed by atoms with van der Waals surface area (Å²) in [6.07, 6.45) is 1.87. The summed E-state index contributed by atoms with van der Waals surface area (Å²) < 4.78 is 32.3. The molecule has 126 valence electrons. The second-order valence-electron chi connectivity index (χ2n) is 5.08. The van der Waals surface area contributed by atoms with E-state index in [2.05, 4.69) is 4.72 Å². The van der Waals surface area contributed by atoms with E-state index in [1.807, 2.05) is 12.3 Å². The summed E-state index contributed by atoms with van der Waals surface area (Å²) in [6.45, 7) is 3.41. The smallest absolute Gasteiger partial charge is 0.324 e. The van der Waals surface area contributed by atoms with Gasteiger partial charge in [0, 0.05) is 0 Å². The number of benzene rings is 1. The molecule has 1 atom stereocenters. The number of nitrogens with one attached hydrogen (secondary N) is 1. The van der Waals surface area contributed by atoms with E-state index in [0.717, 1.165) is 0 Å². The van der Waals surface area contributed by atoms with Gasteiger partial charge in [0.15, 0.2) is 0 Å². The van der Waals surface area contributed by atoms with E-state index in [-0.39, 0.29) is 16.6 Å². The van der Waals surface area contributed by atoms with Crippen molar-refractivity contribution in [2.24, 2.45) is 0 Å². The number of carbonyl (C=O) groups excluding carboxylic acids is 1. The quantitative estimate of drug-likeness (QED) is 0.715. The van der Waals surface area contributed by atoms with Crippen LogP contribution in [-0.2, 0) is 19.6 Å². The van der Waals surface area contributed by atoms with Crippen LogP contribution in [0.3, 0.4) is 0 Å². The molecule has 0 aliphatic heterocycles. The predicted molar refractivity (Wildman–Crippen MR) is 89.5 cm³/mol. The number of rotatable bonds is 8. The molecule has 1 rings (SSSR count). The minimum atomic E-state index is -3.91. The van der Waals surface area contributed by atoms with Crippen LogP contribution in [0.15, 0.2) is 29.2 Å². The molecule has 0 heterocycles. The Balaban J connectivity index is 3.00. The number of nitrogens with zero attached hydrogens (tertiary/aromatic N) is 1. The van der Waals surface area contributed by atoms with Crippen molar-refractivity contribution in [3.05, 3.63) is 29.8 Å². The van der Waals surface area contributed by atoms with Crippen LogP contribution in [0.25, 0.3) is 0 Å². The van der Waals surface area contributed by atoms with Crippen molar-refractivity contribution >= 4 is 27.8 Å². The summed E-state index contributed by atoms with van der Waals surface area (Å²) in [6, 6.07) is 6.57. The first-order valence-corrected chi connectivity index (χ1v) is 9.89. The topological polar surface area (TPSA) is 96.3 Å². The zero-order chi connectivity index (χ0) is 17.5. The second kappa shape index (κ2) is 8.91. The summed E-state index contributed by atoms with van der Waals surface area (Å²) in [7, 11) is -3.91. The largest absolute Gasteiger partial charge is 0.462 e. The van der Waals surface area contributed by atoms with Gasteiger partial charge < -0.3 is 4.74 Å². The maximum Gasteiger partial charge on any atom is 0.324 e. The molecule has 0 fully saturated rings. The summed E-state index contributed by atoms with van der Waals surface area (Å²) in [5.41, 5.74) is 0.235. The molecule has 1 unspecified atom stereocenters. The van der Waals surface area contributed by atoms with Crippen molar-refractivity contribution < 1.29 is 17.9 Å². The van der Waals surface area contributed by atoms with Crippen LogP contribution in [-0.4, -0.2) is 38.5 Å². The van der Waals surface area contributed by atoms with Gasteiger partial charge in [-0.1, -0.05) is 6.07 Å². The van der Waals surface area contributed by atoms with Crippen molar-refractivity contribution in [3.63, 3.8) is 0 Å². The first kappa shape index (κ1) is 19.5. The van der Waals surface area contributed by atoms with E-state index >= 15 is 0 Å². The zero-order valence-corrected chi connectivity index (χ0v) is 14.9. The summed E-state index contributed by atoms with van der Waals surface area (Å²) in [5.74, 6) is 0.00702. The van der Waals surface area contributed by atoms with Crippen LogP contribution in [0.5, 0.6) is 0 Å². The van der Waals surface area contributed by atoms with Gasteiger partial charge in [-0.2, -0.15) is 21.7 Å². The van der Waals surface area contributed by atoms with Crippen molar-refractivity contribution in [1.29, 1.82) is 5.26 Å². The average Bonchev–Trinajstić information content (AvgIpc) is 2.50. The minimum absolute atomic E-state index is 0.0527. The van der Waals surface area contributed by atoms with Crippen LogP contribution < -0.4 is 4.72 Å². The van der Waals surface area contributed by atoms with E-state index in [0.29, 0.717) is 12.2 Å². The molecule has 0 radical (unpaired) electrons. The highest BCUT2D eigenvalue weighted by atomic mass is 32.2. The highest BCUT2D eigenvalue weighted by Crippen LogP contribution is 2.14. The van der Waals surface area contributed by atoms with Crippen molar-refractivity contribution in [2.75, 3.05) is 12.0 Å². The normalized spacial score (nSPS) is 12.7. The Labute approximate surface area is 141 Å². The lowest BCUT2D eigenvalue weighted by Gasteiger charge is -2.19. The number of carbonyl (C=O) groups is 1. The third kappa shape index (κ3) is 6.22. The number of ether oxygens (including phenoxy) is 1. The van der Waals surface area contributed by atoms with Crippen LogP contribution in [0.1, 0.15) is 25.8 Å². The van der Waals surface area contributed by atoms with Crippen LogP contribution >= 0.6 is 11.8 Å². The van der Waals surface area contributed by atoms with Gasteiger partial charge in [0.1, 0.15) is 6.04 Å². The highest BCUT2D eigenvalue weighted by molar-refractivity contribution is 7.98. The van der Waals surface area contributed by atoms with Crippen molar-refractivity contribution in [2.45, 2.75) is 37.3 Å². The molecule has 1 N–H and O–H groups in total. The number of esters is 1. The Morgan fingerprint density at radius 3 is 2.70 bits per heavy atom. The molecule has 1 aromatic rings. The molecular formula is C15H20N2O4S2. The van der Waals surface area contributed by atoms with E-state index in [1.165, 1.54) is 36.0 Å². The van der Waals surface area contributed by atoms with E-state index in [4.69, 9.17) is 10.00 Å². The van der Waals surface area contributed by atoms with Gasteiger partial charge in [0.05, 0.1) is 22.6 Å². The maximum atomic E-state index is 12.4. The molecule has 0 aliphatic rings. The van der Waals surface area contributed by atoms with E-state index in [1.54, 1.807) is 13.8 Å². The van der Waals surface area contributed by atoms with Crippen LogP contribution in [0.2, 0.25) is 0 Å². The fourth-order valence-electron chi connectivity index (χ4n) is 1.76. The maximum absolute atomic E-state index is 12.4. The Morgan fingerprint density at radius 1 is 1.43 bits per heavy atom. The summed E-state index contributed by atoms with van der Waals surface area (Å²) in [5, 5.41) is 8.87. The number of nitriles is 1. The summed E-state index contributed by atoms with van der Waals surface area (Å²) >= 11 is 1.51. The lowest BCUT2D eigenvalue weighted by Crippen LogP contribution is -2.42. The molecule has 8 heteroatoms. The van der Waals surface area contributed by atoms with Crippen LogP contribution in [0, 0.1) is 11.3 Å². The number of hydrogen-bond donors (Lipinski definition) is 1. The van der Waals surface area contributed by atoms with Gasteiger partial charge in [-0.15, -0.1) is 0 Å². The standard InChI is InChI=1S/C15H20N2O4S2/c1-11(2)21-15(18)14(7-8-22-3)17-23(19,20)13-6-4-5-12(9-13)10-16/h4-6,9,11,14,17H,7-8H2,1-3H3. The van der Waals surface area contributed by atoms with Gasteiger partial charge in [-0.25, -0.2) is 8.42 Å². The minimum Gasteiger partial charge on any atom is -0.462 e. The van der Waals surface area contributed by atoms with Gasteiger partial charge in [-0.3, -0.25) is 4.79 Å². The van der Waals surface area contributed by atoms with Crippen molar-refractivity contribution in [1.82, 2.24) is 4.72 Å².